The number of halogens is 3. The predicted molar refractivity (Wildman–Crippen MR) is 121 cm³/mol. The van der Waals surface area contributed by atoms with E-state index < -0.39 is 23.3 Å². The van der Waals surface area contributed by atoms with E-state index in [-0.39, 0.29) is 11.9 Å². The van der Waals surface area contributed by atoms with Crippen molar-refractivity contribution in [1.29, 1.82) is 0 Å². The smallest absolute Gasteiger partial charge is 0.486 e. The molecule has 2 atom stereocenters. The van der Waals surface area contributed by atoms with Gasteiger partial charge in [0, 0.05) is 11.6 Å². The van der Waals surface area contributed by atoms with Crippen LogP contribution in [0.2, 0.25) is 0 Å². The number of amides is 1. The SMILES string of the molecule is O=C1C=C(c2ccc(O[C@@H]3CCc4c(-c5ccccc5OC(F)(F)F)cccc43)cc2)S(=O)N1. The lowest BCUT2D eigenvalue weighted by Gasteiger charge is -2.17. The Morgan fingerprint density at radius 2 is 1.68 bits per heavy atom. The Bertz CT molecular complexity index is 1320. The highest BCUT2D eigenvalue weighted by molar-refractivity contribution is 7.93. The first-order chi connectivity index (χ1) is 16.3. The number of benzene rings is 3. The van der Waals surface area contributed by atoms with Crippen LogP contribution in [0.1, 0.15) is 29.2 Å². The lowest BCUT2D eigenvalue weighted by Crippen LogP contribution is -2.17. The molecule has 0 spiro atoms. The minimum atomic E-state index is -4.78. The lowest BCUT2D eigenvalue weighted by molar-refractivity contribution is -0.274. The number of para-hydroxylation sites is 1. The molecule has 34 heavy (non-hydrogen) atoms. The van der Waals surface area contributed by atoms with E-state index in [1.165, 1.54) is 18.2 Å². The summed E-state index contributed by atoms with van der Waals surface area (Å²) in [7, 11) is -1.57. The van der Waals surface area contributed by atoms with Gasteiger partial charge in [0.15, 0.2) is 11.0 Å². The molecule has 1 N–H and O–H groups in total. The third-order valence-corrected chi connectivity index (χ3v) is 6.83. The second-order valence-corrected chi connectivity index (χ2v) is 9.01. The van der Waals surface area contributed by atoms with Gasteiger partial charge in [-0.25, -0.2) is 4.21 Å². The van der Waals surface area contributed by atoms with Gasteiger partial charge in [-0.05, 0) is 53.3 Å². The molecule has 0 aromatic heterocycles. The molecule has 0 saturated heterocycles. The van der Waals surface area contributed by atoms with Gasteiger partial charge >= 0.3 is 6.36 Å². The second kappa shape index (κ2) is 8.64. The van der Waals surface area contributed by atoms with Crippen molar-refractivity contribution in [3.63, 3.8) is 0 Å². The van der Waals surface area contributed by atoms with Gasteiger partial charge in [-0.1, -0.05) is 48.5 Å². The Balaban J connectivity index is 1.40. The van der Waals surface area contributed by atoms with E-state index >= 15 is 0 Å². The number of hydrogen-bond donors (Lipinski definition) is 1. The monoisotopic (exact) mass is 485 g/mol. The molecule has 9 heteroatoms. The van der Waals surface area contributed by atoms with Gasteiger partial charge in [0.05, 0.1) is 4.91 Å². The van der Waals surface area contributed by atoms with Crippen molar-refractivity contribution in [3.8, 4) is 22.6 Å². The van der Waals surface area contributed by atoms with Crippen LogP contribution in [0.5, 0.6) is 11.5 Å². The zero-order chi connectivity index (χ0) is 23.9. The largest absolute Gasteiger partial charge is 0.573 e. The van der Waals surface area contributed by atoms with Crippen molar-refractivity contribution in [2.75, 3.05) is 0 Å². The van der Waals surface area contributed by atoms with Gasteiger partial charge in [-0.15, -0.1) is 13.2 Å². The molecule has 3 aromatic rings. The Kier molecular flexibility index (Phi) is 5.65. The van der Waals surface area contributed by atoms with Crippen molar-refractivity contribution in [2.24, 2.45) is 0 Å². The van der Waals surface area contributed by atoms with Crippen LogP contribution in [-0.2, 0) is 22.2 Å². The Hall–Kier alpha value is -3.59. The van der Waals surface area contributed by atoms with Crippen molar-refractivity contribution < 1.29 is 31.6 Å². The van der Waals surface area contributed by atoms with E-state index in [1.54, 1.807) is 48.5 Å². The van der Waals surface area contributed by atoms with Crippen LogP contribution >= 0.6 is 0 Å². The van der Waals surface area contributed by atoms with E-state index in [2.05, 4.69) is 9.46 Å². The molecule has 0 fully saturated rings. The van der Waals surface area contributed by atoms with Crippen LogP contribution < -0.4 is 14.2 Å². The van der Waals surface area contributed by atoms with Gasteiger partial charge in [0.1, 0.15) is 17.6 Å². The zero-order valence-electron chi connectivity index (χ0n) is 17.6. The maximum absolute atomic E-state index is 12.9. The summed E-state index contributed by atoms with van der Waals surface area (Å²) in [4.78, 5) is 11.8. The molecule has 174 valence electrons. The van der Waals surface area contributed by atoms with Crippen molar-refractivity contribution in [1.82, 2.24) is 4.72 Å². The third kappa shape index (κ3) is 4.43. The van der Waals surface area contributed by atoms with Gasteiger partial charge in [-0.3, -0.25) is 9.52 Å². The topological polar surface area (TPSA) is 64.6 Å². The number of carbonyl (C=O) groups is 1. The van der Waals surface area contributed by atoms with Gasteiger partial charge < -0.3 is 9.47 Å². The van der Waals surface area contributed by atoms with Gasteiger partial charge in [0.25, 0.3) is 5.91 Å². The molecule has 1 unspecified atom stereocenters. The quantitative estimate of drug-likeness (QED) is 0.522. The van der Waals surface area contributed by atoms with Gasteiger partial charge in [-0.2, -0.15) is 0 Å². The van der Waals surface area contributed by atoms with Crippen molar-refractivity contribution in [2.45, 2.75) is 25.3 Å². The number of rotatable bonds is 5. The summed E-state index contributed by atoms with van der Waals surface area (Å²) in [5, 5.41) is 0. The molecule has 5 nitrogen and oxygen atoms in total. The first-order valence-corrected chi connectivity index (χ1v) is 11.6. The van der Waals surface area contributed by atoms with Crippen LogP contribution in [0, 0.1) is 0 Å². The molecule has 1 amide bonds. The average molecular weight is 485 g/mol. The van der Waals surface area contributed by atoms with E-state index in [0.29, 0.717) is 40.2 Å². The molecule has 2 aliphatic rings. The summed E-state index contributed by atoms with van der Waals surface area (Å²) < 4.78 is 63.4. The van der Waals surface area contributed by atoms with E-state index in [9.17, 15) is 22.2 Å². The van der Waals surface area contributed by atoms with E-state index in [1.807, 2.05) is 6.07 Å². The first kappa shape index (κ1) is 22.2. The van der Waals surface area contributed by atoms with Crippen molar-refractivity contribution in [3.05, 3.63) is 89.5 Å². The molecular formula is C25H18F3NO4S. The van der Waals surface area contributed by atoms with Crippen LogP contribution in [0.15, 0.2) is 72.8 Å². The second-order valence-electron chi connectivity index (χ2n) is 7.83. The zero-order valence-corrected chi connectivity index (χ0v) is 18.4. The summed E-state index contributed by atoms with van der Waals surface area (Å²) in [5.74, 6) is -0.0411. The molecule has 0 saturated carbocycles. The number of hydrogen-bond acceptors (Lipinski definition) is 4. The van der Waals surface area contributed by atoms with Crippen molar-refractivity contribution >= 4 is 21.8 Å². The molecule has 1 aliphatic carbocycles. The summed E-state index contributed by atoms with van der Waals surface area (Å²) in [6.45, 7) is 0. The number of alkyl halides is 3. The van der Waals surface area contributed by atoms with Gasteiger partial charge in [0.2, 0.25) is 0 Å². The molecule has 1 aliphatic heterocycles. The predicted octanol–water partition coefficient (Wildman–Crippen LogP) is 5.45. The van der Waals surface area contributed by atoms with Crippen LogP contribution in [0.25, 0.3) is 16.0 Å². The molecule has 1 heterocycles. The number of nitrogens with one attached hydrogen (secondary N) is 1. The summed E-state index contributed by atoms with van der Waals surface area (Å²) in [6.07, 6.45) is -2.42. The number of fused-ring (bicyclic) bond motifs is 1. The summed E-state index contributed by atoms with van der Waals surface area (Å²) in [6, 6.07) is 18.6. The van der Waals surface area contributed by atoms with E-state index in [0.717, 1.165) is 11.1 Å². The maximum Gasteiger partial charge on any atom is 0.573 e. The number of ether oxygens (including phenoxy) is 2. The highest BCUT2D eigenvalue weighted by atomic mass is 32.2. The minimum Gasteiger partial charge on any atom is -0.486 e. The molecular weight excluding hydrogens is 467 g/mol. The third-order valence-electron chi connectivity index (χ3n) is 5.69. The highest BCUT2D eigenvalue weighted by Gasteiger charge is 2.33. The summed E-state index contributed by atoms with van der Waals surface area (Å²) in [5.41, 5.74) is 3.56. The normalized spacial score (nSPS) is 19.4. The molecule has 0 radical (unpaired) electrons. The fourth-order valence-corrected chi connectivity index (χ4v) is 5.21. The van der Waals surface area contributed by atoms with Crippen LogP contribution in [0.3, 0.4) is 0 Å². The Labute approximate surface area is 195 Å². The lowest BCUT2D eigenvalue weighted by atomic mass is 9.96. The molecule has 3 aromatic carbocycles. The molecule has 5 rings (SSSR count). The first-order valence-electron chi connectivity index (χ1n) is 10.5. The fourth-order valence-electron chi connectivity index (χ4n) is 4.29. The average Bonchev–Trinajstić information content (AvgIpc) is 3.36. The summed E-state index contributed by atoms with van der Waals surface area (Å²) >= 11 is 0. The molecule has 0 bridgehead atoms. The standard InChI is InChI=1S/C25H18F3NO4S/c26-25(27,28)33-22-7-2-1-4-20(22)17-5-3-6-19-18(17)12-13-21(19)32-16-10-8-15(9-11-16)23-14-24(30)29-34(23)31/h1-11,14,21H,12-13H2,(H,29,30)/t21-,34?/m1/s1. The minimum absolute atomic E-state index is 0.241. The van der Waals surface area contributed by atoms with Crippen LogP contribution in [0.4, 0.5) is 13.2 Å². The number of carbonyl (C=O) groups excluding carboxylic acids is 1. The van der Waals surface area contributed by atoms with Crippen LogP contribution in [-0.4, -0.2) is 16.5 Å². The fraction of sp³-hybridized carbons (Fsp3) is 0.160. The Morgan fingerprint density at radius 1 is 0.941 bits per heavy atom. The van der Waals surface area contributed by atoms with E-state index in [4.69, 9.17) is 4.74 Å². The Morgan fingerprint density at radius 3 is 2.38 bits per heavy atom. The maximum atomic E-state index is 12.9. The highest BCUT2D eigenvalue weighted by Crippen LogP contribution is 2.43.